The highest BCUT2D eigenvalue weighted by molar-refractivity contribution is 6.20. The molecule has 1 aromatic carbocycles. The molecular formula is C11H13Cl. The van der Waals surface area contributed by atoms with Crippen LogP contribution >= 0.6 is 11.6 Å². The third-order valence-corrected chi connectivity index (χ3v) is 2.90. The minimum Gasteiger partial charge on any atom is -0.123 e. The summed E-state index contributed by atoms with van der Waals surface area (Å²) < 4.78 is 0. The van der Waals surface area contributed by atoms with E-state index in [1.165, 1.54) is 16.7 Å². The van der Waals surface area contributed by atoms with Crippen LogP contribution in [-0.4, -0.2) is 5.38 Å². The van der Waals surface area contributed by atoms with Gasteiger partial charge in [-0.3, -0.25) is 0 Å². The third-order valence-electron chi connectivity index (χ3n) is 2.53. The number of benzene rings is 1. The van der Waals surface area contributed by atoms with E-state index in [2.05, 4.69) is 25.1 Å². The Morgan fingerprint density at radius 1 is 1.33 bits per heavy atom. The van der Waals surface area contributed by atoms with Crippen LogP contribution in [0.5, 0.6) is 0 Å². The third kappa shape index (κ3) is 1.49. The van der Waals surface area contributed by atoms with E-state index in [1.54, 1.807) is 0 Å². The molecule has 1 aromatic rings. The fraction of sp³-hybridized carbons (Fsp3) is 0.455. The van der Waals surface area contributed by atoms with Crippen LogP contribution < -0.4 is 0 Å². The maximum Gasteiger partial charge on any atom is 0.0379 e. The molecular weight excluding hydrogens is 168 g/mol. The van der Waals surface area contributed by atoms with E-state index < -0.39 is 0 Å². The maximum absolute atomic E-state index is 6.10. The van der Waals surface area contributed by atoms with Gasteiger partial charge >= 0.3 is 0 Å². The van der Waals surface area contributed by atoms with Crippen LogP contribution in [0.1, 0.15) is 23.1 Å². The molecule has 0 spiro atoms. The number of fused-ring (bicyclic) bond motifs is 1. The van der Waals surface area contributed by atoms with Gasteiger partial charge in [-0.25, -0.2) is 0 Å². The number of halogens is 1. The zero-order valence-electron chi connectivity index (χ0n) is 7.31. The lowest BCUT2D eigenvalue weighted by Gasteiger charge is -2.20. The first-order valence-corrected chi connectivity index (χ1v) is 4.92. The summed E-state index contributed by atoms with van der Waals surface area (Å²) in [7, 11) is 0. The van der Waals surface area contributed by atoms with Crippen LogP contribution in [0.25, 0.3) is 0 Å². The van der Waals surface area contributed by atoms with Crippen LogP contribution in [0.4, 0.5) is 0 Å². The van der Waals surface area contributed by atoms with Gasteiger partial charge in [0.1, 0.15) is 0 Å². The molecule has 0 heterocycles. The van der Waals surface area contributed by atoms with Crippen LogP contribution in [0.3, 0.4) is 0 Å². The second kappa shape index (κ2) is 3.10. The summed E-state index contributed by atoms with van der Waals surface area (Å²) in [6, 6.07) is 6.70. The van der Waals surface area contributed by atoms with Crippen molar-refractivity contribution in [2.24, 2.45) is 0 Å². The Balaban J connectivity index is 2.37. The van der Waals surface area contributed by atoms with Gasteiger partial charge in [-0.1, -0.05) is 23.8 Å². The van der Waals surface area contributed by atoms with E-state index in [1.807, 2.05) is 0 Å². The molecule has 0 radical (unpaired) electrons. The van der Waals surface area contributed by atoms with Gasteiger partial charge in [0.05, 0.1) is 0 Å². The van der Waals surface area contributed by atoms with Crippen LogP contribution in [0.15, 0.2) is 18.2 Å². The average molecular weight is 181 g/mol. The second-order valence-corrected chi connectivity index (χ2v) is 4.23. The fourth-order valence-electron chi connectivity index (χ4n) is 1.84. The summed E-state index contributed by atoms with van der Waals surface area (Å²) in [5, 5.41) is 0.360. The molecule has 0 aliphatic heterocycles. The fourth-order valence-corrected chi connectivity index (χ4v) is 2.12. The molecule has 0 saturated heterocycles. The monoisotopic (exact) mass is 180 g/mol. The van der Waals surface area contributed by atoms with Crippen molar-refractivity contribution >= 4 is 11.6 Å². The number of rotatable bonds is 0. The minimum atomic E-state index is 0.360. The smallest absolute Gasteiger partial charge is 0.0379 e. The van der Waals surface area contributed by atoms with Crippen molar-refractivity contribution in [1.82, 2.24) is 0 Å². The topological polar surface area (TPSA) is 0 Å². The molecule has 12 heavy (non-hydrogen) atoms. The average Bonchev–Trinajstić information content (AvgIpc) is 2.03. The molecule has 0 unspecified atom stereocenters. The summed E-state index contributed by atoms with van der Waals surface area (Å²) in [6.45, 7) is 2.14. The van der Waals surface area contributed by atoms with Gasteiger partial charge < -0.3 is 0 Å². The van der Waals surface area contributed by atoms with Gasteiger partial charge in [-0.15, -0.1) is 11.6 Å². The molecule has 0 fully saturated rings. The predicted octanol–water partition coefficient (Wildman–Crippen LogP) is 3.09. The molecule has 2 rings (SSSR count). The van der Waals surface area contributed by atoms with Gasteiger partial charge in [0.25, 0.3) is 0 Å². The van der Waals surface area contributed by atoms with Crippen LogP contribution in [0, 0.1) is 6.92 Å². The first-order chi connectivity index (χ1) is 5.75. The SMILES string of the molecule is Cc1ccc2c(c1)C[C@H](Cl)CC2. The maximum atomic E-state index is 6.10. The molecule has 0 amide bonds. The Labute approximate surface area is 78.6 Å². The quantitative estimate of drug-likeness (QED) is 0.539. The van der Waals surface area contributed by atoms with Gasteiger partial charge in [0.2, 0.25) is 0 Å². The summed E-state index contributed by atoms with van der Waals surface area (Å²) in [4.78, 5) is 0. The van der Waals surface area contributed by atoms with Gasteiger partial charge in [0.15, 0.2) is 0 Å². The largest absolute Gasteiger partial charge is 0.123 e. The van der Waals surface area contributed by atoms with E-state index >= 15 is 0 Å². The standard InChI is InChI=1S/C11H13Cl/c1-8-2-3-9-4-5-11(12)7-10(9)6-8/h2-3,6,11H,4-5,7H2,1H3/t11-/m1/s1. The first-order valence-electron chi connectivity index (χ1n) is 4.48. The highest BCUT2D eigenvalue weighted by Crippen LogP contribution is 2.25. The van der Waals surface area contributed by atoms with Crippen molar-refractivity contribution in [1.29, 1.82) is 0 Å². The van der Waals surface area contributed by atoms with Gasteiger partial charge in [-0.05, 0) is 37.3 Å². The molecule has 1 aliphatic rings. The zero-order valence-corrected chi connectivity index (χ0v) is 8.06. The van der Waals surface area contributed by atoms with Crippen molar-refractivity contribution in [3.63, 3.8) is 0 Å². The van der Waals surface area contributed by atoms with E-state index in [0.717, 1.165) is 19.3 Å². The van der Waals surface area contributed by atoms with Gasteiger partial charge in [0, 0.05) is 5.38 Å². The normalized spacial score (nSPS) is 22.0. The highest BCUT2D eigenvalue weighted by Gasteiger charge is 2.15. The lowest BCUT2D eigenvalue weighted by Crippen LogP contribution is -2.13. The molecule has 64 valence electrons. The molecule has 0 bridgehead atoms. The Kier molecular flexibility index (Phi) is 2.10. The molecule has 0 nitrogen and oxygen atoms in total. The van der Waals surface area contributed by atoms with Crippen molar-refractivity contribution < 1.29 is 0 Å². The van der Waals surface area contributed by atoms with Crippen molar-refractivity contribution in [3.05, 3.63) is 34.9 Å². The number of hydrogen-bond donors (Lipinski definition) is 0. The Morgan fingerprint density at radius 2 is 2.17 bits per heavy atom. The van der Waals surface area contributed by atoms with E-state index in [0.29, 0.717) is 5.38 Å². The molecule has 1 aliphatic carbocycles. The molecule has 1 atom stereocenters. The Bertz CT molecular complexity index is 291. The molecule has 0 N–H and O–H groups in total. The Hall–Kier alpha value is -0.490. The van der Waals surface area contributed by atoms with E-state index in [4.69, 9.17) is 11.6 Å². The summed E-state index contributed by atoms with van der Waals surface area (Å²) in [5.41, 5.74) is 4.30. The summed E-state index contributed by atoms with van der Waals surface area (Å²) in [6.07, 6.45) is 3.35. The Morgan fingerprint density at radius 3 is 3.00 bits per heavy atom. The highest BCUT2D eigenvalue weighted by atomic mass is 35.5. The van der Waals surface area contributed by atoms with Crippen molar-refractivity contribution in [2.75, 3.05) is 0 Å². The second-order valence-electron chi connectivity index (χ2n) is 3.61. The minimum absolute atomic E-state index is 0.360. The first kappa shape index (κ1) is 8.12. The van der Waals surface area contributed by atoms with Crippen molar-refractivity contribution in [3.8, 4) is 0 Å². The lowest BCUT2D eigenvalue weighted by atomic mass is 9.90. The number of aryl methyl sites for hydroxylation is 2. The summed E-state index contributed by atoms with van der Waals surface area (Å²) >= 11 is 6.10. The van der Waals surface area contributed by atoms with Crippen LogP contribution in [-0.2, 0) is 12.8 Å². The molecule has 0 saturated carbocycles. The van der Waals surface area contributed by atoms with Crippen LogP contribution in [0.2, 0.25) is 0 Å². The zero-order chi connectivity index (χ0) is 8.55. The van der Waals surface area contributed by atoms with E-state index in [-0.39, 0.29) is 0 Å². The van der Waals surface area contributed by atoms with E-state index in [9.17, 15) is 0 Å². The molecule has 0 aromatic heterocycles. The summed E-state index contributed by atoms with van der Waals surface area (Å²) in [5.74, 6) is 0. The van der Waals surface area contributed by atoms with Crippen molar-refractivity contribution in [2.45, 2.75) is 31.6 Å². The number of alkyl halides is 1. The predicted molar refractivity (Wildman–Crippen MR) is 52.8 cm³/mol. The lowest BCUT2D eigenvalue weighted by molar-refractivity contribution is 0.694. The molecule has 1 heteroatoms. The van der Waals surface area contributed by atoms with Gasteiger partial charge in [-0.2, -0.15) is 0 Å². The number of hydrogen-bond acceptors (Lipinski definition) is 0.